The van der Waals surface area contributed by atoms with Crippen molar-refractivity contribution in [2.24, 2.45) is 17.8 Å². The summed E-state index contributed by atoms with van der Waals surface area (Å²) in [5.41, 5.74) is 1.19. The van der Waals surface area contributed by atoms with E-state index in [1.54, 1.807) is 42.5 Å². The predicted octanol–water partition coefficient (Wildman–Crippen LogP) is 3.65. The molecule has 2 aromatic carbocycles. The number of imide groups is 1. The molecule has 6 heteroatoms. The number of esters is 1. The quantitative estimate of drug-likeness (QED) is 0.431. The lowest BCUT2D eigenvalue weighted by molar-refractivity contribution is -0.122. The van der Waals surface area contributed by atoms with Crippen LogP contribution in [-0.4, -0.2) is 30.2 Å². The van der Waals surface area contributed by atoms with E-state index >= 15 is 0 Å². The van der Waals surface area contributed by atoms with Crippen molar-refractivity contribution in [2.45, 2.75) is 26.2 Å². The monoisotopic (exact) mass is 405 g/mol. The highest BCUT2D eigenvalue weighted by Crippen LogP contribution is 2.42. The Labute approximate surface area is 174 Å². The third-order valence-electron chi connectivity index (χ3n) is 5.98. The average molecular weight is 405 g/mol. The molecule has 1 saturated carbocycles. The highest BCUT2D eigenvalue weighted by molar-refractivity contribution is 6.22. The van der Waals surface area contributed by atoms with E-state index in [2.05, 4.69) is 6.92 Å². The first-order valence-electron chi connectivity index (χ1n) is 10.2. The van der Waals surface area contributed by atoms with Crippen molar-refractivity contribution in [1.82, 2.24) is 0 Å². The highest BCUT2D eigenvalue weighted by atomic mass is 16.5. The largest absolute Gasteiger partial charge is 0.454 e. The van der Waals surface area contributed by atoms with Gasteiger partial charge in [-0.25, -0.2) is 4.79 Å². The molecular formula is C24H23NO5. The maximum Gasteiger partial charge on any atom is 0.338 e. The van der Waals surface area contributed by atoms with Gasteiger partial charge in [0.05, 0.1) is 23.1 Å². The van der Waals surface area contributed by atoms with Gasteiger partial charge >= 0.3 is 5.97 Å². The van der Waals surface area contributed by atoms with E-state index in [9.17, 15) is 19.2 Å². The van der Waals surface area contributed by atoms with Gasteiger partial charge in [-0.2, -0.15) is 0 Å². The topological polar surface area (TPSA) is 80.8 Å². The summed E-state index contributed by atoms with van der Waals surface area (Å²) in [5, 5.41) is 0. The van der Waals surface area contributed by atoms with Gasteiger partial charge in [0.1, 0.15) is 0 Å². The van der Waals surface area contributed by atoms with Gasteiger partial charge in [0.2, 0.25) is 11.8 Å². The Hall–Kier alpha value is -3.28. The summed E-state index contributed by atoms with van der Waals surface area (Å²) in [5.74, 6) is -1.25. The minimum absolute atomic E-state index is 0.152. The Morgan fingerprint density at radius 3 is 2.27 bits per heavy atom. The van der Waals surface area contributed by atoms with Gasteiger partial charge in [0, 0.05) is 5.56 Å². The Morgan fingerprint density at radius 2 is 1.57 bits per heavy atom. The molecule has 0 radical (unpaired) electrons. The molecule has 1 heterocycles. The average Bonchev–Trinajstić information content (AvgIpc) is 3.02. The number of carbonyl (C=O) groups is 4. The van der Waals surface area contributed by atoms with Gasteiger partial charge in [-0.15, -0.1) is 0 Å². The number of Topliss-reactive ketones (excluding diaryl/α,β-unsaturated/α-hetero) is 1. The summed E-state index contributed by atoms with van der Waals surface area (Å²) >= 11 is 0. The van der Waals surface area contributed by atoms with Crippen molar-refractivity contribution < 1.29 is 23.9 Å². The van der Waals surface area contributed by atoms with Gasteiger partial charge in [-0.3, -0.25) is 19.3 Å². The van der Waals surface area contributed by atoms with Crippen molar-refractivity contribution in [3.05, 3.63) is 65.7 Å². The lowest BCUT2D eigenvalue weighted by Gasteiger charge is -2.25. The van der Waals surface area contributed by atoms with Crippen LogP contribution in [0.1, 0.15) is 46.9 Å². The fourth-order valence-electron chi connectivity index (χ4n) is 4.31. The Balaban J connectivity index is 1.41. The van der Waals surface area contributed by atoms with Gasteiger partial charge in [0.25, 0.3) is 0 Å². The van der Waals surface area contributed by atoms with E-state index in [0.29, 0.717) is 17.2 Å². The summed E-state index contributed by atoms with van der Waals surface area (Å²) in [6.45, 7) is 1.76. The molecule has 0 aromatic heterocycles. The third kappa shape index (κ3) is 3.77. The van der Waals surface area contributed by atoms with Gasteiger partial charge < -0.3 is 4.74 Å². The fraction of sp³-hybridized carbons (Fsp3) is 0.333. The van der Waals surface area contributed by atoms with Crippen LogP contribution in [0.2, 0.25) is 0 Å². The smallest absolute Gasteiger partial charge is 0.338 e. The zero-order valence-corrected chi connectivity index (χ0v) is 16.7. The molecule has 154 valence electrons. The van der Waals surface area contributed by atoms with Crippen LogP contribution in [0.3, 0.4) is 0 Å². The first-order valence-corrected chi connectivity index (χ1v) is 10.2. The van der Waals surface area contributed by atoms with E-state index in [0.717, 1.165) is 19.3 Å². The van der Waals surface area contributed by atoms with Crippen LogP contribution in [-0.2, 0) is 14.3 Å². The number of anilines is 1. The number of amides is 2. The zero-order valence-electron chi connectivity index (χ0n) is 16.7. The summed E-state index contributed by atoms with van der Waals surface area (Å²) in [6, 6.07) is 14.8. The number of fused-ring (bicyclic) bond motifs is 1. The molecule has 0 spiro atoms. The maximum absolute atomic E-state index is 12.8. The minimum atomic E-state index is -0.632. The predicted molar refractivity (Wildman–Crippen MR) is 110 cm³/mol. The second-order valence-electron chi connectivity index (χ2n) is 8.06. The molecule has 1 saturated heterocycles. The van der Waals surface area contributed by atoms with E-state index < -0.39 is 5.97 Å². The zero-order chi connectivity index (χ0) is 21.3. The molecule has 1 aliphatic carbocycles. The number of ether oxygens (including phenoxy) is 1. The number of ketones is 1. The van der Waals surface area contributed by atoms with Crippen molar-refractivity contribution >= 4 is 29.3 Å². The van der Waals surface area contributed by atoms with E-state index in [1.165, 1.54) is 17.0 Å². The first kappa shape index (κ1) is 20.0. The SMILES string of the molecule is C[C@@H]1CC[C@H]2C(=O)N(c3ccc(C(=O)OCC(=O)c4ccccc4)cc3)C(=O)[C@H]2C1. The molecule has 0 N–H and O–H groups in total. The molecule has 3 atom stereocenters. The maximum atomic E-state index is 12.8. The number of hydrogen-bond donors (Lipinski definition) is 0. The number of benzene rings is 2. The van der Waals surface area contributed by atoms with Crippen molar-refractivity contribution in [3.8, 4) is 0 Å². The third-order valence-corrected chi connectivity index (χ3v) is 5.98. The van der Waals surface area contributed by atoms with Crippen LogP contribution in [0.5, 0.6) is 0 Å². The van der Waals surface area contributed by atoms with Crippen LogP contribution in [0.15, 0.2) is 54.6 Å². The second-order valence-corrected chi connectivity index (χ2v) is 8.06. The number of rotatable bonds is 5. The van der Waals surface area contributed by atoms with Gasteiger partial charge in [-0.1, -0.05) is 37.3 Å². The molecule has 2 aromatic rings. The first-order chi connectivity index (χ1) is 14.5. The number of hydrogen-bond acceptors (Lipinski definition) is 5. The lowest BCUT2D eigenvalue weighted by Crippen LogP contribution is -2.30. The molecule has 0 unspecified atom stereocenters. The Morgan fingerprint density at radius 1 is 0.900 bits per heavy atom. The van der Waals surface area contributed by atoms with Crippen LogP contribution < -0.4 is 4.90 Å². The van der Waals surface area contributed by atoms with E-state index in [4.69, 9.17) is 4.74 Å². The number of nitrogens with zero attached hydrogens (tertiary/aromatic N) is 1. The molecule has 2 amide bonds. The second kappa shape index (κ2) is 8.22. The molecule has 4 rings (SSSR count). The van der Waals surface area contributed by atoms with E-state index in [-0.39, 0.29) is 41.6 Å². The van der Waals surface area contributed by atoms with Crippen LogP contribution in [0, 0.1) is 17.8 Å². The summed E-state index contributed by atoms with van der Waals surface area (Å²) in [4.78, 5) is 51.1. The van der Waals surface area contributed by atoms with Crippen LogP contribution in [0.4, 0.5) is 5.69 Å². The van der Waals surface area contributed by atoms with Crippen LogP contribution in [0.25, 0.3) is 0 Å². The summed E-state index contributed by atoms with van der Waals surface area (Å²) in [6.07, 6.45) is 2.44. The molecule has 6 nitrogen and oxygen atoms in total. The number of carbonyl (C=O) groups excluding carboxylic acids is 4. The van der Waals surface area contributed by atoms with Crippen LogP contribution >= 0.6 is 0 Å². The van der Waals surface area contributed by atoms with Gasteiger partial charge in [-0.05, 0) is 49.4 Å². The normalized spacial score (nSPS) is 23.2. The van der Waals surface area contributed by atoms with Crippen molar-refractivity contribution in [2.75, 3.05) is 11.5 Å². The Bertz CT molecular complexity index is 982. The lowest BCUT2D eigenvalue weighted by atomic mass is 9.76. The molecule has 1 aliphatic heterocycles. The van der Waals surface area contributed by atoms with Crippen molar-refractivity contribution in [1.29, 1.82) is 0 Å². The molecule has 2 aliphatic rings. The molecule has 2 fully saturated rings. The molecule has 30 heavy (non-hydrogen) atoms. The summed E-state index contributed by atoms with van der Waals surface area (Å²) < 4.78 is 5.10. The van der Waals surface area contributed by atoms with Crippen molar-refractivity contribution in [3.63, 3.8) is 0 Å². The van der Waals surface area contributed by atoms with E-state index in [1.807, 2.05) is 0 Å². The standard InChI is InChI=1S/C24H23NO5/c1-15-7-12-19-20(13-15)23(28)25(22(19)27)18-10-8-17(9-11-18)24(29)30-14-21(26)16-5-3-2-4-6-16/h2-6,8-11,15,19-20H,7,12-14H2,1H3/t15-,19-,20+/m1/s1. The highest BCUT2D eigenvalue weighted by Gasteiger charge is 2.49. The fourth-order valence-corrected chi connectivity index (χ4v) is 4.31. The minimum Gasteiger partial charge on any atom is -0.454 e. The molecule has 0 bridgehead atoms. The van der Waals surface area contributed by atoms with Gasteiger partial charge in [0.15, 0.2) is 12.4 Å². The molecular weight excluding hydrogens is 382 g/mol. The summed E-state index contributed by atoms with van der Waals surface area (Å²) in [7, 11) is 0. The Kier molecular flexibility index (Phi) is 5.48.